The van der Waals surface area contributed by atoms with E-state index in [0.29, 0.717) is 0 Å². The highest BCUT2D eigenvalue weighted by molar-refractivity contribution is 4.98. The van der Waals surface area contributed by atoms with Crippen LogP contribution in [0, 0.1) is 0 Å². The van der Waals surface area contributed by atoms with Crippen molar-refractivity contribution >= 4 is 0 Å². The molecule has 16 heavy (non-hydrogen) atoms. The number of hydrogen-bond donors (Lipinski definition) is 2. The van der Waals surface area contributed by atoms with Gasteiger partial charge in [-0.1, -0.05) is 0 Å². The maximum Gasteiger partial charge on any atom is 0.105 e. The molecule has 0 bridgehead atoms. The van der Waals surface area contributed by atoms with Crippen molar-refractivity contribution in [1.82, 2.24) is 10.2 Å². The fourth-order valence-corrected chi connectivity index (χ4v) is 3.13. The highest BCUT2D eigenvalue weighted by Crippen LogP contribution is 2.33. The molecule has 0 saturated carbocycles. The van der Waals surface area contributed by atoms with Crippen LogP contribution in [-0.2, 0) is 0 Å². The Morgan fingerprint density at radius 3 is 2.31 bits per heavy atom. The molecule has 2 rings (SSSR count). The Morgan fingerprint density at radius 2 is 1.81 bits per heavy atom. The number of likely N-dealkylation sites (tertiary alicyclic amines) is 1. The van der Waals surface area contributed by atoms with Crippen LogP contribution in [0.25, 0.3) is 0 Å². The van der Waals surface area contributed by atoms with Crippen molar-refractivity contribution in [3.8, 4) is 0 Å². The number of rotatable bonds is 0. The minimum absolute atomic E-state index is 0.236. The van der Waals surface area contributed by atoms with Crippen molar-refractivity contribution in [2.45, 2.75) is 70.2 Å². The van der Waals surface area contributed by atoms with Gasteiger partial charge in [-0.05, 0) is 52.9 Å². The first-order valence-electron chi connectivity index (χ1n) is 6.62. The summed E-state index contributed by atoms with van der Waals surface area (Å²) in [5.74, 6) is 0. The van der Waals surface area contributed by atoms with Gasteiger partial charge in [-0.3, -0.25) is 10.2 Å². The van der Waals surface area contributed by atoms with E-state index >= 15 is 0 Å². The van der Waals surface area contributed by atoms with Crippen molar-refractivity contribution in [1.29, 1.82) is 0 Å². The maximum absolute atomic E-state index is 9.73. The Hall–Kier alpha value is -0.120. The lowest BCUT2D eigenvalue weighted by molar-refractivity contribution is -0.00370. The van der Waals surface area contributed by atoms with Gasteiger partial charge >= 0.3 is 0 Å². The number of hydrogen-bond acceptors (Lipinski definition) is 3. The van der Waals surface area contributed by atoms with Gasteiger partial charge in [0.15, 0.2) is 0 Å². The molecule has 1 atom stereocenters. The zero-order valence-electron chi connectivity index (χ0n) is 10.9. The quantitative estimate of drug-likeness (QED) is 0.660. The van der Waals surface area contributed by atoms with Gasteiger partial charge < -0.3 is 5.11 Å². The minimum Gasteiger partial charge on any atom is -0.379 e. The smallest absolute Gasteiger partial charge is 0.105 e. The molecule has 2 heterocycles. The number of nitrogens with one attached hydrogen (secondary N) is 1. The number of piperidine rings is 2. The molecular weight excluding hydrogens is 200 g/mol. The van der Waals surface area contributed by atoms with E-state index in [2.05, 4.69) is 31.0 Å². The average Bonchev–Trinajstić information content (AvgIpc) is 2.16. The molecule has 0 aromatic rings. The van der Waals surface area contributed by atoms with Gasteiger partial charge in [0.2, 0.25) is 0 Å². The van der Waals surface area contributed by atoms with Gasteiger partial charge in [0, 0.05) is 24.2 Å². The average molecular weight is 226 g/mol. The molecule has 1 spiro atoms. The van der Waals surface area contributed by atoms with E-state index in [-0.39, 0.29) is 17.3 Å². The first-order valence-corrected chi connectivity index (χ1v) is 6.62. The van der Waals surface area contributed by atoms with E-state index in [1.54, 1.807) is 0 Å². The van der Waals surface area contributed by atoms with Gasteiger partial charge in [-0.2, -0.15) is 0 Å². The Balaban J connectivity index is 1.93. The molecule has 0 aromatic heterocycles. The molecule has 3 nitrogen and oxygen atoms in total. The third-order valence-corrected chi connectivity index (χ3v) is 4.27. The molecule has 0 radical (unpaired) electrons. The van der Waals surface area contributed by atoms with Gasteiger partial charge in [-0.25, -0.2) is 0 Å². The van der Waals surface area contributed by atoms with Crippen LogP contribution in [0.5, 0.6) is 0 Å². The standard InChI is InChI=1S/C13H26N2O/c1-12(2,3)15-9-7-13(8-10-15)6-4-5-11(16)14-13/h11,14,16H,4-10H2,1-3H3. The highest BCUT2D eigenvalue weighted by Gasteiger charge is 2.39. The van der Waals surface area contributed by atoms with Crippen molar-refractivity contribution in [2.75, 3.05) is 13.1 Å². The van der Waals surface area contributed by atoms with Gasteiger partial charge in [-0.15, -0.1) is 0 Å². The van der Waals surface area contributed by atoms with Crippen LogP contribution in [0.4, 0.5) is 0 Å². The molecule has 0 amide bonds. The predicted molar refractivity (Wildman–Crippen MR) is 66.3 cm³/mol. The molecule has 2 N–H and O–H groups in total. The van der Waals surface area contributed by atoms with E-state index < -0.39 is 0 Å². The Morgan fingerprint density at radius 1 is 1.19 bits per heavy atom. The highest BCUT2D eigenvalue weighted by atomic mass is 16.3. The summed E-state index contributed by atoms with van der Waals surface area (Å²) in [6.07, 6.45) is 5.42. The van der Waals surface area contributed by atoms with Crippen LogP contribution in [0.15, 0.2) is 0 Å². The molecule has 94 valence electrons. The van der Waals surface area contributed by atoms with Crippen LogP contribution in [-0.4, -0.2) is 40.4 Å². The predicted octanol–water partition coefficient (Wildman–Crippen LogP) is 1.71. The monoisotopic (exact) mass is 226 g/mol. The zero-order chi connectivity index (χ0) is 11.8. The van der Waals surface area contributed by atoms with Crippen LogP contribution in [0.3, 0.4) is 0 Å². The summed E-state index contributed by atoms with van der Waals surface area (Å²) in [7, 11) is 0. The Bertz CT molecular complexity index is 239. The van der Waals surface area contributed by atoms with E-state index in [1.165, 1.54) is 25.7 Å². The second kappa shape index (κ2) is 4.28. The van der Waals surface area contributed by atoms with Crippen LogP contribution in [0.1, 0.15) is 52.9 Å². The lowest BCUT2D eigenvalue weighted by atomic mass is 9.79. The number of aliphatic hydroxyl groups excluding tert-OH is 1. The van der Waals surface area contributed by atoms with Gasteiger partial charge in [0.05, 0.1) is 0 Å². The van der Waals surface area contributed by atoms with Gasteiger partial charge in [0.1, 0.15) is 6.23 Å². The van der Waals surface area contributed by atoms with E-state index in [0.717, 1.165) is 19.5 Å². The van der Waals surface area contributed by atoms with E-state index in [4.69, 9.17) is 0 Å². The lowest BCUT2D eigenvalue weighted by Gasteiger charge is -2.49. The summed E-state index contributed by atoms with van der Waals surface area (Å²) in [5.41, 5.74) is 0.522. The summed E-state index contributed by atoms with van der Waals surface area (Å²) in [5, 5.41) is 13.2. The van der Waals surface area contributed by atoms with Crippen molar-refractivity contribution in [3.05, 3.63) is 0 Å². The van der Waals surface area contributed by atoms with Crippen molar-refractivity contribution < 1.29 is 5.11 Å². The van der Waals surface area contributed by atoms with Crippen LogP contribution in [0.2, 0.25) is 0 Å². The molecular formula is C13H26N2O. The Labute approximate surface area is 99.2 Å². The maximum atomic E-state index is 9.73. The third kappa shape index (κ3) is 2.58. The molecule has 2 saturated heterocycles. The van der Waals surface area contributed by atoms with E-state index in [9.17, 15) is 5.11 Å². The molecule has 0 aromatic carbocycles. The van der Waals surface area contributed by atoms with Crippen molar-refractivity contribution in [3.63, 3.8) is 0 Å². The fraction of sp³-hybridized carbons (Fsp3) is 1.00. The molecule has 3 heteroatoms. The summed E-state index contributed by atoms with van der Waals surface area (Å²) in [6, 6.07) is 0. The summed E-state index contributed by atoms with van der Waals surface area (Å²) in [6.45, 7) is 9.17. The first kappa shape index (κ1) is 12.3. The van der Waals surface area contributed by atoms with Crippen LogP contribution >= 0.6 is 0 Å². The second-order valence-electron chi connectivity index (χ2n) is 6.49. The number of aliphatic hydroxyl groups is 1. The van der Waals surface area contributed by atoms with E-state index in [1.807, 2.05) is 0 Å². The largest absolute Gasteiger partial charge is 0.379 e. The molecule has 2 aliphatic heterocycles. The molecule has 2 aliphatic rings. The zero-order valence-corrected chi connectivity index (χ0v) is 10.9. The van der Waals surface area contributed by atoms with Gasteiger partial charge in [0.25, 0.3) is 0 Å². The normalized spacial score (nSPS) is 31.9. The Kier molecular flexibility index (Phi) is 3.30. The molecule has 0 aliphatic carbocycles. The molecule has 2 fully saturated rings. The fourth-order valence-electron chi connectivity index (χ4n) is 3.13. The number of nitrogens with zero attached hydrogens (tertiary/aromatic N) is 1. The molecule has 1 unspecified atom stereocenters. The first-order chi connectivity index (χ1) is 7.41. The summed E-state index contributed by atoms with van der Waals surface area (Å²) >= 11 is 0. The van der Waals surface area contributed by atoms with Crippen molar-refractivity contribution in [2.24, 2.45) is 0 Å². The SMILES string of the molecule is CC(C)(C)N1CCC2(CCCC(O)N2)CC1. The third-order valence-electron chi connectivity index (χ3n) is 4.27. The minimum atomic E-state index is -0.269. The summed E-state index contributed by atoms with van der Waals surface area (Å²) < 4.78 is 0. The lowest BCUT2D eigenvalue weighted by Crippen LogP contribution is -2.60. The topological polar surface area (TPSA) is 35.5 Å². The van der Waals surface area contributed by atoms with Crippen LogP contribution < -0.4 is 5.32 Å². The second-order valence-corrected chi connectivity index (χ2v) is 6.49. The summed E-state index contributed by atoms with van der Waals surface area (Å²) in [4.78, 5) is 2.56.